The zero-order chi connectivity index (χ0) is 11.4. The molecule has 0 saturated carbocycles. The van der Waals surface area contributed by atoms with Crippen LogP contribution in [0.5, 0.6) is 5.75 Å². The molecule has 0 aromatic heterocycles. The Morgan fingerprint density at radius 3 is 2.44 bits per heavy atom. The predicted octanol–water partition coefficient (Wildman–Crippen LogP) is 2.68. The minimum atomic E-state index is -0.547. The van der Waals surface area contributed by atoms with E-state index in [9.17, 15) is 8.78 Å². The summed E-state index contributed by atoms with van der Waals surface area (Å²) in [6, 6.07) is 2.01. The van der Waals surface area contributed by atoms with Gasteiger partial charge < -0.3 is 10.5 Å². The first-order valence-corrected chi connectivity index (χ1v) is 4.91. The molecule has 0 heterocycles. The molecule has 1 aromatic rings. The topological polar surface area (TPSA) is 35.2 Å². The molecule has 0 aliphatic carbocycles. The second-order valence-corrected chi connectivity index (χ2v) is 3.49. The number of hydrogen-bond donors (Lipinski definition) is 1. The van der Waals surface area contributed by atoms with Crippen molar-refractivity contribution in [1.82, 2.24) is 0 Å². The van der Waals surface area contributed by atoms with Gasteiger partial charge in [-0.3, -0.25) is 0 Å². The van der Waals surface area contributed by atoms with Gasteiger partial charge in [0, 0.05) is 12.1 Å². The summed E-state index contributed by atoms with van der Waals surface area (Å²) in [6.45, 7) is 3.77. The third-order valence-electron chi connectivity index (χ3n) is 1.94. The molecule has 92 valence electrons. The quantitative estimate of drug-likeness (QED) is 0.893. The van der Waals surface area contributed by atoms with Crippen LogP contribution in [-0.4, -0.2) is 12.6 Å². The molecule has 0 radical (unpaired) electrons. The lowest BCUT2D eigenvalue weighted by Crippen LogP contribution is -2.18. The highest BCUT2D eigenvalue weighted by Gasteiger charge is 2.11. The van der Waals surface area contributed by atoms with E-state index in [1.165, 1.54) is 0 Å². The van der Waals surface area contributed by atoms with Gasteiger partial charge >= 0.3 is 0 Å². The van der Waals surface area contributed by atoms with Gasteiger partial charge in [-0.2, -0.15) is 0 Å². The molecule has 1 aromatic carbocycles. The normalized spacial score (nSPS) is 11.8. The molecular formula is C11H16ClF2NO. The summed E-state index contributed by atoms with van der Waals surface area (Å²) in [6.07, 6.45) is 0.315. The largest absolute Gasteiger partial charge is 0.491 e. The lowest BCUT2D eigenvalue weighted by Gasteiger charge is -2.10. The van der Waals surface area contributed by atoms with Gasteiger partial charge in [0.05, 0.1) is 6.61 Å². The maximum Gasteiger partial charge on any atom is 0.165 e. The van der Waals surface area contributed by atoms with Crippen LogP contribution in [0.1, 0.15) is 19.4 Å². The smallest absolute Gasteiger partial charge is 0.165 e. The Morgan fingerprint density at radius 2 is 1.94 bits per heavy atom. The van der Waals surface area contributed by atoms with Crippen LogP contribution in [0.4, 0.5) is 8.78 Å². The average Bonchev–Trinajstić information content (AvgIpc) is 2.13. The van der Waals surface area contributed by atoms with E-state index in [1.807, 2.05) is 0 Å². The first kappa shape index (κ1) is 15.1. The van der Waals surface area contributed by atoms with E-state index in [2.05, 4.69) is 0 Å². The highest BCUT2D eigenvalue weighted by Crippen LogP contribution is 2.22. The van der Waals surface area contributed by atoms with Crippen LogP contribution in [0.15, 0.2) is 12.1 Å². The molecule has 1 unspecified atom stereocenters. The number of benzene rings is 1. The lowest BCUT2D eigenvalue weighted by molar-refractivity contribution is 0.318. The van der Waals surface area contributed by atoms with Gasteiger partial charge in [0.1, 0.15) is 5.82 Å². The first-order chi connectivity index (χ1) is 7.04. The van der Waals surface area contributed by atoms with Crippen molar-refractivity contribution in [2.75, 3.05) is 6.61 Å². The third kappa shape index (κ3) is 3.94. The van der Waals surface area contributed by atoms with Crippen LogP contribution >= 0.6 is 12.4 Å². The number of halogens is 3. The van der Waals surface area contributed by atoms with Crippen molar-refractivity contribution < 1.29 is 13.5 Å². The highest BCUT2D eigenvalue weighted by molar-refractivity contribution is 5.85. The second kappa shape index (κ2) is 6.66. The van der Waals surface area contributed by atoms with Crippen molar-refractivity contribution in [2.24, 2.45) is 5.73 Å². The Kier molecular flexibility index (Phi) is 6.29. The molecule has 0 spiro atoms. The molecule has 0 fully saturated rings. The van der Waals surface area contributed by atoms with E-state index < -0.39 is 11.6 Å². The van der Waals surface area contributed by atoms with E-state index in [1.54, 1.807) is 13.8 Å². The minimum Gasteiger partial charge on any atom is -0.491 e. The first-order valence-electron chi connectivity index (χ1n) is 4.91. The zero-order valence-corrected chi connectivity index (χ0v) is 10.1. The molecule has 2 nitrogen and oxygen atoms in total. The summed E-state index contributed by atoms with van der Waals surface area (Å²) < 4.78 is 31.7. The molecule has 16 heavy (non-hydrogen) atoms. The van der Waals surface area contributed by atoms with Crippen LogP contribution in [0.3, 0.4) is 0 Å². The highest BCUT2D eigenvalue weighted by atomic mass is 35.5. The lowest BCUT2D eigenvalue weighted by atomic mass is 10.1. The van der Waals surface area contributed by atoms with Crippen LogP contribution in [0.2, 0.25) is 0 Å². The van der Waals surface area contributed by atoms with E-state index in [-0.39, 0.29) is 29.8 Å². The summed E-state index contributed by atoms with van der Waals surface area (Å²) in [5, 5.41) is 0. The maximum absolute atomic E-state index is 13.4. The van der Waals surface area contributed by atoms with Gasteiger partial charge in [-0.25, -0.2) is 8.78 Å². The Bertz CT molecular complexity index is 345. The third-order valence-corrected chi connectivity index (χ3v) is 1.94. The summed E-state index contributed by atoms with van der Waals surface area (Å²) in [7, 11) is 0. The fourth-order valence-corrected chi connectivity index (χ4v) is 1.34. The van der Waals surface area contributed by atoms with Gasteiger partial charge in [-0.05, 0) is 31.9 Å². The molecule has 2 N–H and O–H groups in total. The van der Waals surface area contributed by atoms with Gasteiger partial charge in [-0.1, -0.05) is 0 Å². The molecule has 0 saturated heterocycles. The van der Waals surface area contributed by atoms with Crippen molar-refractivity contribution in [3.05, 3.63) is 29.3 Å². The van der Waals surface area contributed by atoms with Gasteiger partial charge in [0.2, 0.25) is 0 Å². The summed E-state index contributed by atoms with van der Waals surface area (Å²) in [5.74, 6) is -1.07. The Balaban J connectivity index is 0.00000225. The fourth-order valence-electron chi connectivity index (χ4n) is 1.34. The molecule has 5 heteroatoms. The van der Waals surface area contributed by atoms with Gasteiger partial charge in [-0.15, -0.1) is 12.4 Å². The standard InChI is InChI=1S/C11H15F2NO.ClH/c1-3-15-11-6-9(12)8(4-7(2)14)5-10(11)13;/h5-7H,3-4,14H2,1-2H3;1H. The molecule has 1 atom stereocenters. The van der Waals surface area contributed by atoms with E-state index in [0.717, 1.165) is 12.1 Å². The van der Waals surface area contributed by atoms with Crippen molar-refractivity contribution in [2.45, 2.75) is 26.3 Å². The summed E-state index contributed by atoms with van der Waals surface area (Å²) >= 11 is 0. The fraction of sp³-hybridized carbons (Fsp3) is 0.455. The molecule has 1 rings (SSSR count). The molecule has 0 aliphatic heterocycles. The minimum absolute atomic E-state index is 0. The Labute approximate surface area is 100 Å². The number of nitrogens with two attached hydrogens (primary N) is 1. The van der Waals surface area contributed by atoms with Crippen LogP contribution < -0.4 is 10.5 Å². The SMILES string of the molecule is CCOc1cc(F)c(CC(C)N)cc1F.Cl. The number of rotatable bonds is 4. The number of ether oxygens (including phenoxy) is 1. The van der Waals surface area contributed by atoms with E-state index in [0.29, 0.717) is 13.0 Å². The van der Waals surface area contributed by atoms with Crippen LogP contribution in [0, 0.1) is 11.6 Å². The van der Waals surface area contributed by atoms with Crippen LogP contribution in [0.25, 0.3) is 0 Å². The van der Waals surface area contributed by atoms with Gasteiger partial charge in [0.15, 0.2) is 11.6 Å². The van der Waals surface area contributed by atoms with Crippen molar-refractivity contribution in [3.63, 3.8) is 0 Å². The summed E-state index contributed by atoms with van der Waals surface area (Å²) in [5.41, 5.74) is 5.80. The van der Waals surface area contributed by atoms with E-state index >= 15 is 0 Å². The van der Waals surface area contributed by atoms with Gasteiger partial charge in [0.25, 0.3) is 0 Å². The molecule has 0 bridgehead atoms. The second-order valence-electron chi connectivity index (χ2n) is 3.49. The summed E-state index contributed by atoms with van der Waals surface area (Å²) in [4.78, 5) is 0. The maximum atomic E-state index is 13.4. The average molecular weight is 252 g/mol. The molecule has 0 aliphatic rings. The monoisotopic (exact) mass is 251 g/mol. The van der Waals surface area contributed by atoms with Crippen LogP contribution in [-0.2, 0) is 6.42 Å². The predicted molar refractivity (Wildman–Crippen MR) is 62.1 cm³/mol. The van der Waals surface area contributed by atoms with E-state index in [4.69, 9.17) is 10.5 Å². The van der Waals surface area contributed by atoms with Crippen molar-refractivity contribution >= 4 is 12.4 Å². The van der Waals surface area contributed by atoms with Crippen molar-refractivity contribution in [1.29, 1.82) is 0 Å². The molecule has 0 amide bonds. The zero-order valence-electron chi connectivity index (χ0n) is 9.30. The molecular weight excluding hydrogens is 236 g/mol. The Morgan fingerprint density at radius 1 is 1.31 bits per heavy atom. The number of hydrogen-bond acceptors (Lipinski definition) is 2. The Hall–Kier alpha value is -0.870. The van der Waals surface area contributed by atoms with Crippen molar-refractivity contribution in [3.8, 4) is 5.75 Å².